The molecule has 1 unspecified atom stereocenters. The second kappa shape index (κ2) is 15.7. The molecule has 3 amide bonds. The summed E-state index contributed by atoms with van der Waals surface area (Å²) in [6.45, 7) is 5.53. The van der Waals surface area contributed by atoms with E-state index in [9.17, 15) is 14.4 Å². The molecule has 48 heavy (non-hydrogen) atoms. The van der Waals surface area contributed by atoms with Gasteiger partial charge in [0.25, 0.3) is 0 Å². The maximum Gasteiger partial charge on any atom is 0.414 e. The van der Waals surface area contributed by atoms with Crippen LogP contribution in [-0.4, -0.2) is 78.3 Å². The third-order valence-electron chi connectivity index (χ3n) is 10.4. The van der Waals surface area contributed by atoms with Crippen molar-refractivity contribution in [2.75, 3.05) is 39.4 Å². The molecule has 0 radical (unpaired) electrons. The number of aromatic nitrogens is 1. The molecule has 1 aliphatic carbocycles. The highest BCUT2D eigenvalue weighted by Crippen LogP contribution is 2.32. The number of amides is 3. The van der Waals surface area contributed by atoms with Gasteiger partial charge in [-0.3, -0.25) is 9.59 Å². The van der Waals surface area contributed by atoms with Crippen molar-refractivity contribution in [2.45, 2.75) is 69.4 Å². The summed E-state index contributed by atoms with van der Waals surface area (Å²) < 4.78 is 12.9. The van der Waals surface area contributed by atoms with Gasteiger partial charge in [0.15, 0.2) is 0 Å². The van der Waals surface area contributed by atoms with E-state index < -0.39 is 17.7 Å². The largest absolute Gasteiger partial charge is 0.414 e. The minimum Gasteiger partial charge on any atom is -0.393 e. The van der Waals surface area contributed by atoms with E-state index in [0.29, 0.717) is 48.5 Å². The number of para-hydroxylation sites is 1. The number of ether oxygens (including phenoxy) is 2. The van der Waals surface area contributed by atoms with E-state index in [4.69, 9.17) is 21.1 Å². The number of hydrogen-bond acceptors (Lipinski definition) is 6. The molecule has 0 bridgehead atoms. The summed E-state index contributed by atoms with van der Waals surface area (Å²) in [6, 6.07) is 16.2. The number of benzene rings is 2. The zero-order chi connectivity index (χ0) is 33.5. The Morgan fingerprint density at radius 2 is 1.71 bits per heavy atom. The van der Waals surface area contributed by atoms with Crippen LogP contribution in [0.4, 0.5) is 4.79 Å². The van der Waals surface area contributed by atoms with E-state index in [0.717, 1.165) is 87.8 Å². The smallest absolute Gasteiger partial charge is 0.393 e. The molecule has 3 fully saturated rings. The topological polar surface area (TPSA) is 114 Å². The van der Waals surface area contributed by atoms with Gasteiger partial charge in [-0.2, -0.15) is 0 Å². The first kappa shape index (κ1) is 34.3. The summed E-state index contributed by atoms with van der Waals surface area (Å²) in [4.78, 5) is 43.6. The summed E-state index contributed by atoms with van der Waals surface area (Å²) >= 11 is 6.38. The monoisotopic (exact) mass is 677 g/mol. The van der Waals surface area contributed by atoms with Crippen LogP contribution in [0, 0.1) is 11.8 Å². The molecule has 1 saturated carbocycles. The van der Waals surface area contributed by atoms with Crippen molar-refractivity contribution < 1.29 is 23.9 Å². The summed E-state index contributed by atoms with van der Waals surface area (Å²) in [5.41, 5.74) is 0.526. The molecule has 1 aromatic heterocycles. The molecule has 11 heteroatoms. The summed E-state index contributed by atoms with van der Waals surface area (Å²) in [7, 11) is 1.78. The molecule has 10 nitrogen and oxygen atoms in total. The molecule has 3 heterocycles. The number of nitrogens with zero attached hydrogens (tertiary/aromatic N) is 2. The summed E-state index contributed by atoms with van der Waals surface area (Å²) in [6.07, 6.45) is 6.46. The van der Waals surface area contributed by atoms with E-state index in [2.05, 4.69) is 20.9 Å². The van der Waals surface area contributed by atoms with Gasteiger partial charge in [-0.05, 0) is 75.1 Å². The first-order valence-electron chi connectivity index (χ1n) is 17.5. The van der Waals surface area contributed by atoms with Gasteiger partial charge in [-0.15, -0.1) is 0 Å². The molecule has 3 N–H and O–H groups in total. The molecule has 2 saturated heterocycles. The van der Waals surface area contributed by atoms with Crippen molar-refractivity contribution in [2.24, 2.45) is 18.9 Å². The number of nitrogens with one attached hydrogen (secondary N) is 3. The second-order valence-corrected chi connectivity index (χ2v) is 14.2. The Kier molecular flexibility index (Phi) is 11.2. The van der Waals surface area contributed by atoms with Crippen LogP contribution in [0.3, 0.4) is 0 Å². The highest BCUT2D eigenvalue weighted by atomic mass is 35.5. The maximum absolute atomic E-state index is 14.0. The molecule has 0 spiro atoms. The molecule has 2 aromatic carbocycles. The Morgan fingerprint density at radius 1 is 0.979 bits per heavy atom. The quantitative estimate of drug-likeness (QED) is 0.257. The molecular weight excluding hydrogens is 630 g/mol. The molecule has 3 aromatic rings. The predicted molar refractivity (Wildman–Crippen MR) is 186 cm³/mol. The minimum absolute atomic E-state index is 0.208. The average Bonchev–Trinajstić information content (AvgIpc) is 3.70. The number of carbonyl (C=O) groups is 3. The fourth-order valence-electron chi connectivity index (χ4n) is 7.53. The van der Waals surface area contributed by atoms with Crippen molar-refractivity contribution in [1.29, 1.82) is 0 Å². The standard InChI is InChI=1S/C37H48ClN5O5/c1-42-32(23-29-10-7-11-30(38)33(29)42)48-36(46)41-37(16-5-6-17-37)35(45)40-31(22-26-8-3-2-4-9-26)34(44)39-24-27-12-18-43(19-13-27)25-28-14-20-47-21-15-28/h2-4,7-11,23,27-28,31H,5-6,12-22,24-25H2,1H3,(H,39,44)(H,40,45)(H,41,46). The summed E-state index contributed by atoms with van der Waals surface area (Å²) in [5, 5.41) is 10.5. The van der Waals surface area contributed by atoms with Crippen LogP contribution in [0.25, 0.3) is 10.9 Å². The number of carbonyl (C=O) groups excluding carboxylic acids is 3. The molecular formula is C37H48ClN5O5. The lowest BCUT2D eigenvalue weighted by atomic mass is 9.93. The number of likely N-dealkylation sites (tertiary alicyclic amines) is 1. The Morgan fingerprint density at radius 3 is 2.42 bits per heavy atom. The molecule has 1 atom stereocenters. The van der Waals surface area contributed by atoms with Crippen molar-refractivity contribution in [3.8, 4) is 5.88 Å². The van der Waals surface area contributed by atoms with E-state index in [-0.39, 0.29) is 11.8 Å². The van der Waals surface area contributed by atoms with E-state index in [1.54, 1.807) is 23.7 Å². The lowest BCUT2D eigenvalue weighted by molar-refractivity contribution is -0.132. The maximum atomic E-state index is 14.0. The molecule has 2 aliphatic heterocycles. The molecule has 258 valence electrons. The van der Waals surface area contributed by atoms with Crippen LogP contribution >= 0.6 is 11.6 Å². The number of aryl methyl sites for hydroxylation is 1. The number of halogens is 1. The van der Waals surface area contributed by atoms with E-state index in [1.807, 2.05) is 42.5 Å². The molecule has 3 aliphatic rings. The van der Waals surface area contributed by atoms with Gasteiger partial charge in [-0.1, -0.05) is 66.9 Å². The second-order valence-electron chi connectivity index (χ2n) is 13.8. The van der Waals surface area contributed by atoms with E-state index >= 15 is 0 Å². The van der Waals surface area contributed by atoms with Gasteiger partial charge in [0.1, 0.15) is 11.6 Å². The highest BCUT2D eigenvalue weighted by molar-refractivity contribution is 6.35. The van der Waals surface area contributed by atoms with Crippen molar-refractivity contribution in [3.63, 3.8) is 0 Å². The van der Waals surface area contributed by atoms with E-state index in [1.165, 1.54) is 0 Å². The Hall–Kier alpha value is -3.60. The van der Waals surface area contributed by atoms with Crippen LogP contribution in [0.5, 0.6) is 5.88 Å². The Balaban J connectivity index is 1.07. The fraction of sp³-hybridized carbons (Fsp3) is 0.541. The molecule has 6 rings (SSSR count). The number of fused-ring (bicyclic) bond motifs is 1. The fourth-order valence-corrected chi connectivity index (χ4v) is 7.84. The Bertz CT molecular complexity index is 1560. The van der Waals surface area contributed by atoms with Crippen LogP contribution in [-0.2, 0) is 27.8 Å². The first-order chi connectivity index (χ1) is 23.3. The van der Waals surface area contributed by atoms with Gasteiger partial charge in [0.2, 0.25) is 17.7 Å². The predicted octanol–water partition coefficient (Wildman–Crippen LogP) is 5.22. The minimum atomic E-state index is -1.17. The van der Waals surface area contributed by atoms with Crippen molar-refractivity contribution in [3.05, 3.63) is 65.2 Å². The van der Waals surface area contributed by atoms with Crippen LogP contribution in [0.2, 0.25) is 5.02 Å². The highest BCUT2D eigenvalue weighted by Gasteiger charge is 2.44. The number of rotatable bonds is 11. The number of piperidine rings is 1. The van der Waals surface area contributed by atoms with Gasteiger partial charge in [0.05, 0.1) is 10.5 Å². The Labute approximate surface area is 287 Å². The summed E-state index contributed by atoms with van der Waals surface area (Å²) in [5.74, 6) is 0.859. The number of hydrogen-bond donors (Lipinski definition) is 3. The first-order valence-corrected chi connectivity index (χ1v) is 17.8. The van der Waals surface area contributed by atoms with Gasteiger partial charge >= 0.3 is 6.09 Å². The zero-order valence-corrected chi connectivity index (χ0v) is 28.6. The SMILES string of the molecule is Cn1c(OC(=O)NC2(C(=O)NC(Cc3ccccc3)C(=O)NCC3CCN(CC4CCOCC4)CC3)CCCC2)cc2cccc(Cl)c21. The van der Waals surface area contributed by atoms with Crippen LogP contribution in [0.15, 0.2) is 54.6 Å². The van der Waals surface area contributed by atoms with Crippen molar-refractivity contribution >= 4 is 40.4 Å². The third kappa shape index (κ3) is 8.33. The lowest BCUT2D eigenvalue weighted by Crippen LogP contribution is -2.61. The van der Waals surface area contributed by atoms with Crippen molar-refractivity contribution in [1.82, 2.24) is 25.4 Å². The lowest BCUT2D eigenvalue weighted by Gasteiger charge is -2.35. The third-order valence-corrected chi connectivity index (χ3v) is 10.7. The van der Waals surface area contributed by atoms with Gasteiger partial charge in [-0.25, -0.2) is 4.79 Å². The van der Waals surface area contributed by atoms with Crippen LogP contribution in [0.1, 0.15) is 56.9 Å². The van der Waals surface area contributed by atoms with Gasteiger partial charge in [0, 0.05) is 51.2 Å². The zero-order valence-electron chi connectivity index (χ0n) is 27.8. The normalized spacial score (nSPS) is 19.5. The van der Waals surface area contributed by atoms with Gasteiger partial charge < -0.3 is 34.9 Å². The van der Waals surface area contributed by atoms with Crippen LogP contribution < -0.4 is 20.7 Å². The average molecular weight is 678 g/mol.